The second-order valence-electron chi connectivity index (χ2n) is 5.65. The maximum Gasteiger partial charge on any atom is 0.208 e. The topological polar surface area (TPSA) is 82.9 Å². The predicted octanol–water partition coefficient (Wildman–Crippen LogP) is 3.87. The van der Waals surface area contributed by atoms with E-state index in [0.29, 0.717) is 39.6 Å². The van der Waals surface area contributed by atoms with Crippen LogP contribution >= 0.6 is 46.3 Å². The maximum absolute atomic E-state index is 11.1. The Morgan fingerprint density at radius 2 is 2.11 bits per heavy atom. The molecule has 2 N–H and O–H groups in total. The zero-order valence-electron chi connectivity index (χ0n) is 14.2. The molecule has 0 radical (unpaired) electrons. The summed E-state index contributed by atoms with van der Waals surface area (Å²) in [5.74, 6) is 0.679. The number of hydrogen-bond acceptors (Lipinski definition) is 6. The van der Waals surface area contributed by atoms with E-state index in [9.17, 15) is 8.42 Å². The van der Waals surface area contributed by atoms with E-state index in [1.807, 2.05) is 12.1 Å². The second-order valence-corrected chi connectivity index (χ2v) is 10.5. The largest absolute Gasteiger partial charge is 0.255 e. The molecule has 3 rings (SSSR count). The number of aliphatic imine (C=N–C) groups is 1. The number of amidine groups is 1. The number of nitrogens with zero attached hydrogens (tertiary/aromatic N) is 2. The van der Waals surface area contributed by atoms with Crippen molar-refractivity contribution < 1.29 is 8.42 Å². The van der Waals surface area contributed by atoms with E-state index in [1.54, 1.807) is 29.5 Å². The highest BCUT2D eigenvalue weighted by Crippen LogP contribution is 2.29. The second kappa shape index (κ2) is 8.93. The molecule has 11 heteroatoms. The van der Waals surface area contributed by atoms with Crippen LogP contribution in [0.25, 0.3) is 0 Å². The number of sulfonamides is 1. The molecule has 0 amide bonds. The van der Waals surface area contributed by atoms with Gasteiger partial charge in [-0.15, -0.1) is 11.3 Å². The fraction of sp³-hybridized carbons (Fsp3) is 0.250. The monoisotopic (exact) mass is 462 g/mol. The SMILES string of the molecule is CS(=O)(=O)NCCc1ccc(C2=NNC(=Nc3ccc(Cl)cc3Cl)SC2)s1. The number of thioether (sulfide) groups is 1. The minimum Gasteiger partial charge on any atom is -0.255 e. The number of benzene rings is 1. The van der Waals surface area contributed by atoms with Crippen molar-refractivity contribution in [3.8, 4) is 0 Å². The van der Waals surface area contributed by atoms with Crippen LogP contribution in [-0.2, 0) is 16.4 Å². The molecule has 2 aromatic rings. The van der Waals surface area contributed by atoms with Crippen molar-refractivity contribution in [1.82, 2.24) is 10.1 Å². The molecule has 0 saturated carbocycles. The molecule has 1 aliphatic rings. The summed E-state index contributed by atoms with van der Waals surface area (Å²) in [4.78, 5) is 6.61. The summed E-state index contributed by atoms with van der Waals surface area (Å²) in [5, 5.41) is 6.11. The molecule has 1 aliphatic heterocycles. The fourth-order valence-electron chi connectivity index (χ4n) is 2.21. The first-order chi connectivity index (χ1) is 12.8. The summed E-state index contributed by atoms with van der Waals surface area (Å²) in [6.45, 7) is 0.386. The Bertz CT molecular complexity index is 1000. The van der Waals surface area contributed by atoms with Crippen LogP contribution in [0.15, 0.2) is 40.4 Å². The number of rotatable bonds is 6. The first kappa shape index (κ1) is 20.6. The number of nitrogens with one attached hydrogen (secondary N) is 2. The maximum atomic E-state index is 11.1. The van der Waals surface area contributed by atoms with Gasteiger partial charge in [0.2, 0.25) is 10.0 Å². The molecule has 0 aliphatic carbocycles. The van der Waals surface area contributed by atoms with E-state index in [2.05, 4.69) is 20.2 Å². The number of hydrogen-bond donors (Lipinski definition) is 2. The number of halogens is 2. The Balaban J connectivity index is 1.63. The number of hydrazone groups is 1. The van der Waals surface area contributed by atoms with E-state index in [4.69, 9.17) is 23.2 Å². The van der Waals surface area contributed by atoms with Crippen molar-refractivity contribution in [2.45, 2.75) is 6.42 Å². The summed E-state index contributed by atoms with van der Waals surface area (Å²) < 4.78 is 24.7. The van der Waals surface area contributed by atoms with Gasteiger partial charge in [0.1, 0.15) is 0 Å². The van der Waals surface area contributed by atoms with Crippen LogP contribution in [0, 0.1) is 0 Å². The molecule has 0 atom stereocenters. The average molecular weight is 463 g/mol. The van der Waals surface area contributed by atoms with Crippen LogP contribution in [0.3, 0.4) is 0 Å². The standard InChI is InChI=1S/C16H16Cl2N4O2S3/c1-27(23,24)19-7-6-11-3-5-15(26-11)14-9-25-16(22-21-14)20-13-4-2-10(17)8-12(13)18/h2-5,8,19H,6-7,9H2,1H3,(H,20,22). The van der Waals surface area contributed by atoms with Crippen LogP contribution < -0.4 is 10.1 Å². The molecule has 1 aromatic carbocycles. The fourth-order valence-corrected chi connectivity index (χ4v) is 4.98. The van der Waals surface area contributed by atoms with Crippen molar-refractivity contribution in [2.75, 3.05) is 18.6 Å². The zero-order valence-corrected chi connectivity index (χ0v) is 18.2. The predicted molar refractivity (Wildman–Crippen MR) is 117 cm³/mol. The molecule has 0 unspecified atom stereocenters. The summed E-state index contributed by atoms with van der Waals surface area (Å²) in [6, 6.07) is 9.14. The molecular formula is C16H16Cl2N4O2S3. The Labute approximate surface area is 176 Å². The first-order valence-electron chi connectivity index (χ1n) is 7.83. The highest BCUT2D eigenvalue weighted by Gasteiger charge is 2.15. The highest BCUT2D eigenvalue weighted by molar-refractivity contribution is 8.14. The zero-order chi connectivity index (χ0) is 19.4. The van der Waals surface area contributed by atoms with Gasteiger partial charge in [0.15, 0.2) is 5.17 Å². The molecule has 0 saturated heterocycles. The minimum absolute atomic E-state index is 0.386. The van der Waals surface area contributed by atoms with Crippen LogP contribution in [0.1, 0.15) is 9.75 Å². The van der Waals surface area contributed by atoms with Crippen molar-refractivity contribution in [1.29, 1.82) is 0 Å². The van der Waals surface area contributed by atoms with E-state index >= 15 is 0 Å². The van der Waals surface area contributed by atoms with Gasteiger partial charge in [-0.3, -0.25) is 5.43 Å². The van der Waals surface area contributed by atoms with Crippen LogP contribution in [0.4, 0.5) is 5.69 Å². The van der Waals surface area contributed by atoms with Crippen LogP contribution in [0.5, 0.6) is 0 Å². The van der Waals surface area contributed by atoms with Gasteiger partial charge in [0.05, 0.1) is 27.6 Å². The summed E-state index contributed by atoms with van der Waals surface area (Å²) in [6.07, 6.45) is 1.80. The van der Waals surface area contributed by atoms with Gasteiger partial charge < -0.3 is 0 Å². The molecule has 0 spiro atoms. The van der Waals surface area contributed by atoms with Gasteiger partial charge in [-0.2, -0.15) is 5.10 Å². The molecule has 27 heavy (non-hydrogen) atoms. The van der Waals surface area contributed by atoms with Gasteiger partial charge in [0, 0.05) is 22.2 Å². The van der Waals surface area contributed by atoms with Crippen molar-refractivity contribution >= 4 is 72.9 Å². The van der Waals surface area contributed by atoms with Gasteiger partial charge in [-0.1, -0.05) is 35.0 Å². The Morgan fingerprint density at radius 1 is 1.30 bits per heavy atom. The summed E-state index contributed by atoms with van der Waals surface area (Å²) in [7, 11) is -3.16. The number of thiophene rings is 1. The lowest BCUT2D eigenvalue weighted by atomic mass is 10.3. The molecule has 0 fully saturated rings. The Hall–Kier alpha value is -1.10. The van der Waals surface area contributed by atoms with Gasteiger partial charge in [0.25, 0.3) is 0 Å². The van der Waals surface area contributed by atoms with Gasteiger partial charge >= 0.3 is 0 Å². The Kier molecular flexibility index (Phi) is 6.83. The van der Waals surface area contributed by atoms with E-state index in [0.717, 1.165) is 21.7 Å². The Morgan fingerprint density at radius 3 is 2.78 bits per heavy atom. The van der Waals surface area contributed by atoms with E-state index in [-0.39, 0.29) is 0 Å². The third-order valence-electron chi connectivity index (χ3n) is 3.45. The molecule has 144 valence electrons. The minimum atomic E-state index is -3.16. The first-order valence-corrected chi connectivity index (χ1v) is 12.3. The van der Waals surface area contributed by atoms with Crippen LogP contribution in [0.2, 0.25) is 10.0 Å². The van der Waals surface area contributed by atoms with Crippen molar-refractivity contribution in [2.24, 2.45) is 10.1 Å². The van der Waals surface area contributed by atoms with Crippen molar-refractivity contribution in [3.63, 3.8) is 0 Å². The lowest BCUT2D eigenvalue weighted by Gasteiger charge is -2.14. The smallest absolute Gasteiger partial charge is 0.208 e. The van der Waals surface area contributed by atoms with Gasteiger partial charge in [-0.05, 0) is 36.8 Å². The molecule has 6 nitrogen and oxygen atoms in total. The van der Waals surface area contributed by atoms with E-state index < -0.39 is 10.0 Å². The lowest BCUT2D eigenvalue weighted by molar-refractivity contribution is 0.588. The lowest BCUT2D eigenvalue weighted by Crippen LogP contribution is -2.24. The third kappa shape index (κ3) is 6.20. The quantitative estimate of drug-likeness (QED) is 0.681. The third-order valence-corrected chi connectivity index (χ3v) is 6.78. The van der Waals surface area contributed by atoms with E-state index in [1.165, 1.54) is 11.8 Å². The molecule has 2 heterocycles. The average Bonchev–Trinajstić information content (AvgIpc) is 3.06. The molecular weight excluding hydrogens is 447 g/mol. The molecule has 0 bridgehead atoms. The van der Waals surface area contributed by atoms with Crippen LogP contribution in [-0.4, -0.2) is 37.9 Å². The summed E-state index contributed by atoms with van der Waals surface area (Å²) in [5.41, 5.74) is 4.51. The van der Waals surface area contributed by atoms with Gasteiger partial charge in [-0.25, -0.2) is 18.1 Å². The normalized spacial score (nSPS) is 16.3. The molecule has 1 aromatic heterocycles. The highest BCUT2D eigenvalue weighted by atomic mass is 35.5. The summed E-state index contributed by atoms with van der Waals surface area (Å²) >= 11 is 15.2. The van der Waals surface area contributed by atoms with Crippen molar-refractivity contribution in [3.05, 3.63) is 50.1 Å².